The lowest BCUT2D eigenvalue weighted by atomic mass is 9.87. The summed E-state index contributed by atoms with van der Waals surface area (Å²) in [5.74, 6) is 0.992. The van der Waals surface area contributed by atoms with E-state index in [2.05, 4.69) is 5.01 Å². The van der Waals surface area contributed by atoms with E-state index in [0.29, 0.717) is 6.67 Å². The van der Waals surface area contributed by atoms with Crippen LogP contribution in [0.1, 0.15) is 19.3 Å². The quantitative estimate of drug-likeness (QED) is 0.442. The second-order valence-electron chi connectivity index (χ2n) is 6.25. The lowest BCUT2D eigenvalue weighted by Gasteiger charge is -2.56. The Labute approximate surface area is 134 Å². The summed E-state index contributed by atoms with van der Waals surface area (Å²) in [5, 5.41) is 6.42. The van der Waals surface area contributed by atoms with Crippen molar-refractivity contribution in [2.75, 3.05) is 53.9 Å². The van der Waals surface area contributed by atoms with E-state index in [9.17, 15) is 17.3 Å². The first-order valence-corrected chi connectivity index (χ1v) is 7.83. The summed E-state index contributed by atoms with van der Waals surface area (Å²) < 4.78 is 40.1. The highest BCUT2D eigenvalue weighted by Gasteiger charge is 2.47. The second kappa shape index (κ2) is 7.62. The SMILES string of the molecule is CON1CN(OC)CN([N+]23CCC(CC2)CC3)C1.F[B-](F)(F)F. The molecule has 0 unspecified atom stereocenters. The largest absolute Gasteiger partial charge is 0.673 e. The summed E-state index contributed by atoms with van der Waals surface area (Å²) in [6, 6.07) is 0. The molecule has 11 heteroatoms. The van der Waals surface area contributed by atoms with Gasteiger partial charge in [-0.25, -0.2) is 4.59 Å². The van der Waals surface area contributed by atoms with Crippen LogP contribution >= 0.6 is 0 Å². The molecule has 0 aromatic rings. The van der Waals surface area contributed by atoms with Crippen molar-refractivity contribution in [2.45, 2.75) is 19.3 Å². The van der Waals surface area contributed by atoms with E-state index in [1.807, 2.05) is 10.1 Å². The van der Waals surface area contributed by atoms with Gasteiger partial charge in [-0.05, 0) is 5.92 Å². The fourth-order valence-electron chi connectivity index (χ4n) is 3.63. The number of nitrogens with zero attached hydrogens (tertiary/aromatic N) is 4. The summed E-state index contributed by atoms with van der Waals surface area (Å²) in [4.78, 5) is 10.8. The molecule has 2 bridgehead atoms. The van der Waals surface area contributed by atoms with Crippen LogP contribution in [-0.2, 0) is 9.68 Å². The van der Waals surface area contributed by atoms with Gasteiger partial charge >= 0.3 is 7.25 Å². The predicted molar refractivity (Wildman–Crippen MR) is 76.5 cm³/mol. The molecule has 4 aliphatic heterocycles. The summed E-state index contributed by atoms with van der Waals surface area (Å²) in [6.07, 6.45) is 4.16. The van der Waals surface area contributed by atoms with Gasteiger partial charge in [0.05, 0.1) is 33.9 Å². The molecule has 0 atom stereocenters. The van der Waals surface area contributed by atoms with Crippen molar-refractivity contribution in [3.63, 3.8) is 0 Å². The van der Waals surface area contributed by atoms with Crippen LogP contribution in [-0.4, -0.2) is 80.8 Å². The van der Waals surface area contributed by atoms with Gasteiger partial charge in [0.25, 0.3) is 0 Å². The number of fused-ring (bicyclic) bond motifs is 3. The Morgan fingerprint density at radius 1 is 0.826 bits per heavy atom. The van der Waals surface area contributed by atoms with E-state index >= 15 is 0 Å². The van der Waals surface area contributed by atoms with Crippen LogP contribution in [0, 0.1) is 5.92 Å². The molecule has 136 valence electrons. The summed E-state index contributed by atoms with van der Waals surface area (Å²) in [6.45, 7) is 6.34. The number of hydrogen-bond acceptors (Lipinski definition) is 5. The van der Waals surface area contributed by atoms with E-state index in [0.717, 1.165) is 23.8 Å². The topological polar surface area (TPSA) is 28.2 Å². The molecular weight excluding hydrogens is 319 g/mol. The zero-order valence-electron chi connectivity index (χ0n) is 13.6. The molecular formula is C12H25BF4N4O2. The first-order valence-electron chi connectivity index (χ1n) is 7.83. The Bertz CT molecular complexity index is 351. The van der Waals surface area contributed by atoms with Gasteiger partial charge < -0.3 is 17.3 Å². The number of halogens is 4. The van der Waals surface area contributed by atoms with Gasteiger partial charge in [0.15, 0.2) is 0 Å². The van der Waals surface area contributed by atoms with Crippen molar-refractivity contribution in [1.82, 2.24) is 15.1 Å². The van der Waals surface area contributed by atoms with Crippen LogP contribution in [0.3, 0.4) is 0 Å². The third-order valence-corrected chi connectivity index (χ3v) is 4.93. The molecule has 0 N–H and O–H groups in total. The van der Waals surface area contributed by atoms with Gasteiger partial charge in [-0.3, -0.25) is 9.68 Å². The lowest BCUT2D eigenvalue weighted by Crippen LogP contribution is -2.72. The Kier molecular flexibility index (Phi) is 6.25. The average Bonchev–Trinajstić information content (AvgIpc) is 2.54. The third-order valence-electron chi connectivity index (χ3n) is 4.93. The van der Waals surface area contributed by atoms with Crippen molar-refractivity contribution >= 4 is 7.25 Å². The van der Waals surface area contributed by atoms with Gasteiger partial charge in [-0.1, -0.05) is 0 Å². The Morgan fingerprint density at radius 2 is 1.22 bits per heavy atom. The molecule has 0 aromatic heterocycles. The number of rotatable bonds is 3. The molecule has 4 saturated heterocycles. The number of quaternary nitrogens is 1. The number of hydroxylamine groups is 4. The molecule has 23 heavy (non-hydrogen) atoms. The number of piperidine rings is 3. The van der Waals surface area contributed by atoms with Crippen LogP contribution in [0.25, 0.3) is 0 Å². The molecule has 0 radical (unpaired) electrons. The zero-order valence-corrected chi connectivity index (χ0v) is 13.6. The van der Waals surface area contributed by atoms with Crippen LogP contribution < -0.4 is 0 Å². The Hall–Kier alpha value is -0.455. The Morgan fingerprint density at radius 3 is 1.57 bits per heavy atom. The minimum Gasteiger partial charge on any atom is -0.418 e. The summed E-state index contributed by atoms with van der Waals surface area (Å²) >= 11 is 0. The maximum Gasteiger partial charge on any atom is 0.673 e. The maximum atomic E-state index is 9.75. The molecule has 0 aromatic carbocycles. The minimum atomic E-state index is -6.00. The first-order chi connectivity index (χ1) is 10.8. The van der Waals surface area contributed by atoms with Gasteiger partial charge in [-0.2, -0.15) is 10.1 Å². The van der Waals surface area contributed by atoms with Gasteiger partial charge in [0, 0.05) is 19.3 Å². The van der Waals surface area contributed by atoms with E-state index in [4.69, 9.17) is 9.68 Å². The van der Waals surface area contributed by atoms with Crippen molar-refractivity contribution in [3.8, 4) is 0 Å². The minimum absolute atomic E-state index is 0.714. The van der Waals surface area contributed by atoms with Gasteiger partial charge in [-0.15, -0.1) is 5.01 Å². The van der Waals surface area contributed by atoms with Crippen LogP contribution in [0.2, 0.25) is 0 Å². The number of hydrogen-bond donors (Lipinski definition) is 0. The molecule has 0 spiro atoms. The van der Waals surface area contributed by atoms with Crippen molar-refractivity contribution in [1.29, 1.82) is 0 Å². The van der Waals surface area contributed by atoms with E-state index < -0.39 is 7.25 Å². The molecule has 4 fully saturated rings. The van der Waals surface area contributed by atoms with E-state index in [-0.39, 0.29) is 0 Å². The Balaban J connectivity index is 0.000000338. The summed E-state index contributed by atoms with van der Waals surface area (Å²) in [5.41, 5.74) is 0. The second-order valence-corrected chi connectivity index (χ2v) is 6.25. The van der Waals surface area contributed by atoms with Crippen molar-refractivity contribution in [2.24, 2.45) is 5.92 Å². The highest BCUT2D eigenvalue weighted by Crippen LogP contribution is 2.36. The fraction of sp³-hybridized carbons (Fsp3) is 1.00. The summed E-state index contributed by atoms with van der Waals surface area (Å²) in [7, 11) is -2.53. The zero-order chi connectivity index (χ0) is 17.1. The average molecular weight is 344 g/mol. The van der Waals surface area contributed by atoms with E-state index in [1.165, 1.54) is 38.9 Å². The van der Waals surface area contributed by atoms with Crippen LogP contribution in [0.4, 0.5) is 17.3 Å². The predicted octanol–water partition coefficient (Wildman–Crippen LogP) is 1.75. The molecule has 6 nitrogen and oxygen atoms in total. The normalized spacial score (nSPS) is 33.4. The van der Waals surface area contributed by atoms with E-state index in [1.54, 1.807) is 14.2 Å². The maximum absolute atomic E-state index is 9.75. The molecule has 4 aliphatic rings. The molecule has 0 saturated carbocycles. The standard InChI is InChI=1S/C12H25N4O2.BF4/c1-17-14-9-13(10-15(11-14)18-2)16-6-3-12(4-7-16)5-8-16;2-1(3,4)5/h12H,3-11H2,1-2H3;/q+1;-1. The fourth-order valence-corrected chi connectivity index (χ4v) is 3.63. The highest BCUT2D eigenvalue weighted by atomic mass is 19.5. The lowest BCUT2D eigenvalue weighted by molar-refractivity contribution is -1.05. The highest BCUT2D eigenvalue weighted by molar-refractivity contribution is 6.50. The van der Waals surface area contributed by atoms with Crippen LogP contribution in [0.5, 0.6) is 0 Å². The molecule has 4 heterocycles. The van der Waals surface area contributed by atoms with Crippen molar-refractivity contribution < 1.29 is 31.5 Å². The van der Waals surface area contributed by atoms with Gasteiger partial charge in [0.1, 0.15) is 20.0 Å². The van der Waals surface area contributed by atoms with Crippen molar-refractivity contribution in [3.05, 3.63) is 0 Å². The van der Waals surface area contributed by atoms with Gasteiger partial charge in [0.2, 0.25) is 0 Å². The molecule has 0 aliphatic carbocycles. The third kappa shape index (κ3) is 5.26. The first kappa shape index (κ1) is 18.9. The monoisotopic (exact) mass is 344 g/mol. The smallest absolute Gasteiger partial charge is 0.418 e. The van der Waals surface area contributed by atoms with Crippen LogP contribution in [0.15, 0.2) is 0 Å². The molecule has 0 amide bonds. The molecule has 4 rings (SSSR count).